The molecule has 0 bridgehead atoms. The van der Waals surface area contributed by atoms with E-state index in [0.29, 0.717) is 12.0 Å². The number of hydrogen-bond donors (Lipinski definition) is 1. The van der Waals surface area contributed by atoms with Crippen molar-refractivity contribution in [2.45, 2.75) is 38.6 Å². The Morgan fingerprint density at radius 3 is 2.63 bits per heavy atom. The Bertz CT molecular complexity index is 428. The average molecular weight is 264 g/mol. The summed E-state index contributed by atoms with van der Waals surface area (Å²) in [7, 11) is 6.31. The van der Waals surface area contributed by atoms with Crippen molar-refractivity contribution < 1.29 is 0 Å². The van der Waals surface area contributed by atoms with E-state index in [0.717, 1.165) is 6.54 Å². The third kappa shape index (κ3) is 2.84. The van der Waals surface area contributed by atoms with Crippen LogP contribution in [0, 0.1) is 5.92 Å². The molecule has 1 fully saturated rings. The molecule has 0 amide bonds. The SMILES string of the molecule is CNCC1CCN(C)C1c1cn(C)nc1C(C)(C)C. The number of aromatic nitrogens is 2. The molecule has 4 heteroatoms. The zero-order chi connectivity index (χ0) is 14.2. The normalized spacial score (nSPS) is 25.2. The number of nitrogens with zero attached hydrogens (tertiary/aromatic N) is 3. The first-order valence-electron chi connectivity index (χ1n) is 7.23. The van der Waals surface area contributed by atoms with Crippen LogP contribution in [0.1, 0.15) is 44.5 Å². The van der Waals surface area contributed by atoms with E-state index in [-0.39, 0.29) is 5.41 Å². The van der Waals surface area contributed by atoms with Gasteiger partial charge in [0.15, 0.2) is 0 Å². The summed E-state index contributed by atoms with van der Waals surface area (Å²) in [5.41, 5.74) is 2.76. The van der Waals surface area contributed by atoms with E-state index in [1.165, 1.54) is 24.2 Å². The van der Waals surface area contributed by atoms with Gasteiger partial charge in [-0.15, -0.1) is 0 Å². The highest BCUT2D eigenvalue weighted by Crippen LogP contribution is 2.39. The Morgan fingerprint density at radius 1 is 1.37 bits per heavy atom. The highest BCUT2D eigenvalue weighted by atomic mass is 15.3. The van der Waals surface area contributed by atoms with Crippen LogP contribution >= 0.6 is 0 Å². The van der Waals surface area contributed by atoms with E-state index in [1.807, 2.05) is 18.8 Å². The van der Waals surface area contributed by atoms with Gasteiger partial charge in [-0.05, 0) is 39.5 Å². The summed E-state index contributed by atoms with van der Waals surface area (Å²) in [5, 5.41) is 8.07. The lowest BCUT2D eigenvalue weighted by molar-refractivity contribution is 0.270. The minimum absolute atomic E-state index is 0.101. The summed E-state index contributed by atoms with van der Waals surface area (Å²) >= 11 is 0. The molecule has 0 saturated carbocycles. The minimum Gasteiger partial charge on any atom is -0.319 e. The van der Waals surface area contributed by atoms with Crippen molar-refractivity contribution in [3.63, 3.8) is 0 Å². The predicted octanol–water partition coefficient (Wildman–Crippen LogP) is 1.93. The fraction of sp³-hybridized carbons (Fsp3) is 0.800. The molecule has 108 valence electrons. The van der Waals surface area contributed by atoms with Crippen molar-refractivity contribution in [1.29, 1.82) is 0 Å². The number of hydrogen-bond acceptors (Lipinski definition) is 3. The molecule has 1 saturated heterocycles. The van der Waals surface area contributed by atoms with Crippen LogP contribution in [0.25, 0.3) is 0 Å². The first-order chi connectivity index (χ1) is 8.84. The molecule has 2 rings (SSSR count). The first-order valence-corrected chi connectivity index (χ1v) is 7.23. The topological polar surface area (TPSA) is 33.1 Å². The molecule has 19 heavy (non-hydrogen) atoms. The van der Waals surface area contributed by atoms with Gasteiger partial charge < -0.3 is 5.32 Å². The van der Waals surface area contributed by atoms with Crippen LogP contribution in [0.4, 0.5) is 0 Å². The number of likely N-dealkylation sites (tertiary alicyclic amines) is 1. The van der Waals surface area contributed by atoms with Crippen molar-refractivity contribution in [3.8, 4) is 0 Å². The van der Waals surface area contributed by atoms with E-state index in [2.05, 4.69) is 44.2 Å². The highest BCUT2D eigenvalue weighted by Gasteiger charge is 2.37. The van der Waals surface area contributed by atoms with Crippen molar-refractivity contribution in [2.24, 2.45) is 13.0 Å². The molecule has 2 atom stereocenters. The molecular weight excluding hydrogens is 236 g/mol. The molecule has 0 aromatic carbocycles. The zero-order valence-electron chi connectivity index (χ0n) is 13.2. The minimum atomic E-state index is 0.101. The molecule has 2 unspecified atom stereocenters. The molecule has 4 nitrogen and oxygen atoms in total. The summed E-state index contributed by atoms with van der Waals surface area (Å²) in [5.74, 6) is 0.681. The molecule has 1 aromatic rings. The number of rotatable bonds is 3. The van der Waals surface area contributed by atoms with Gasteiger partial charge in [-0.1, -0.05) is 20.8 Å². The van der Waals surface area contributed by atoms with Crippen LogP contribution in [0.2, 0.25) is 0 Å². The molecule has 1 aliphatic rings. The lowest BCUT2D eigenvalue weighted by atomic mass is 9.84. The highest BCUT2D eigenvalue weighted by molar-refractivity contribution is 5.29. The van der Waals surface area contributed by atoms with E-state index in [4.69, 9.17) is 5.10 Å². The van der Waals surface area contributed by atoms with Gasteiger partial charge in [0.25, 0.3) is 0 Å². The molecule has 0 aliphatic carbocycles. The van der Waals surface area contributed by atoms with Crippen LogP contribution in [0.3, 0.4) is 0 Å². The van der Waals surface area contributed by atoms with Crippen molar-refractivity contribution in [1.82, 2.24) is 20.0 Å². The van der Waals surface area contributed by atoms with Crippen LogP contribution in [0.5, 0.6) is 0 Å². The standard InChI is InChI=1S/C15H28N4/c1-15(2,3)14-12(10-19(6)17-14)13-11(9-16-4)7-8-18(13)5/h10-11,13,16H,7-9H2,1-6H3. The van der Waals surface area contributed by atoms with Crippen molar-refractivity contribution in [3.05, 3.63) is 17.5 Å². The van der Waals surface area contributed by atoms with Gasteiger partial charge in [-0.2, -0.15) is 5.10 Å². The number of nitrogens with one attached hydrogen (secondary N) is 1. The molecule has 1 aromatic heterocycles. The maximum absolute atomic E-state index is 4.73. The third-order valence-electron chi connectivity index (χ3n) is 4.13. The molecule has 1 aliphatic heterocycles. The van der Waals surface area contributed by atoms with Gasteiger partial charge >= 0.3 is 0 Å². The smallest absolute Gasteiger partial charge is 0.0725 e. The summed E-state index contributed by atoms with van der Waals surface area (Å²) in [6, 6.07) is 0.496. The molecule has 2 heterocycles. The fourth-order valence-electron chi connectivity index (χ4n) is 3.30. The molecule has 0 radical (unpaired) electrons. The Hall–Kier alpha value is -0.870. The van der Waals surface area contributed by atoms with Gasteiger partial charge in [0, 0.05) is 30.3 Å². The quantitative estimate of drug-likeness (QED) is 0.905. The molecule has 0 spiro atoms. The lowest BCUT2D eigenvalue weighted by Gasteiger charge is -2.28. The number of aryl methyl sites for hydroxylation is 1. The fourth-order valence-corrected chi connectivity index (χ4v) is 3.30. The van der Waals surface area contributed by atoms with Gasteiger partial charge in [0.1, 0.15) is 0 Å². The maximum Gasteiger partial charge on any atom is 0.0725 e. The second-order valence-electron chi connectivity index (χ2n) is 6.89. The van der Waals surface area contributed by atoms with Gasteiger partial charge in [0.2, 0.25) is 0 Å². The zero-order valence-corrected chi connectivity index (χ0v) is 13.2. The first kappa shape index (κ1) is 14.5. The Morgan fingerprint density at radius 2 is 2.05 bits per heavy atom. The molecule has 1 N–H and O–H groups in total. The van der Waals surface area contributed by atoms with E-state index < -0.39 is 0 Å². The van der Waals surface area contributed by atoms with Gasteiger partial charge in [-0.25, -0.2) is 0 Å². The van der Waals surface area contributed by atoms with Crippen LogP contribution < -0.4 is 5.32 Å². The van der Waals surface area contributed by atoms with Crippen LogP contribution in [-0.4, -0.2) is 41.9 Å². The van der Waals surface area contributed by atoms with Crippen LogP contribution in [0.15, 0.2) is 6.20 Å². The maximum atomic E-state index is 4.73. The van der Waals surface area contributed by atoms with Gasteiger partial charge in [-0.3, -0.25) is 9.58 Å². The monoisotopic (exact) mass is 264 g/mol. The summed E-state index contributed by atoms with van der Waals surface area (Å²) in [6.07, 6.45) is 3.48. The predicted molar refractivity (Wildman–Crippen MR) is 79.3 cm³/mol. The van der Waals surface area contributed by atoms with Crippen molar-refractivity contribution in [2.75, 3.05) is 27.2 Å². The Kier molecular flexibility index (Phi) is 4.02. The van der Waals surface area contributed by atoms with Crippen LogP contribution in [-0.2, 0) is 12.5 Å². The van der Waals surface area contributed by atoms with Gasteiger partial charge in [0.05, 0.1) is 5.69 Å². The Labute approximate surface area is 117 Å². The Balaban J connectivity index is 2.39. The summed E-state index contributed by atoms with van der Waals surface area (Å²) in [6.45, 7) is 9.01. The second-order valence-corrected chi connectivity index (χ2v) is 6.89. The largest absolute Gasteiger partial charge is 0.319 e. The third-order valence-corrected chi connectivity index (χ3v) is 4.13. The average Bonchev–Trinajstić information content (AvgIpc) is 2.82. The van der Waals surface area contributed by atoms with E-state index in [1.54, 1.807) is 0 Å². The summed E-state index contributed by atoms with van der Waals surface area (Å²) < 4.78 is 1.97. The van der Waals surface area contributed by atoms with Crippen molar-refractivity contribution >= 4 is 0 Å². The van der Waals surface area contributed by atoms with E-state index >= 15 is 0 Å². The molecular formula is C15H28N4. The van der Waals surface area contributed by atoms with E-state index in [9.17, 15) is 0 Å². The lowest BCUT2D eigenvalue weighted by Crippen LogP contribution is -2.28. The second kappa shape index (κ2) is 5.25. The summed E-state index contributed by atoms with van der Waals surface area (Å²) in [4.78, 5) is 2.48.